The fraction of sp³-hybridized carbons (Fsp3) is 0.696. The van der Waals surface area contributed by atoms with Crippen LogP contribution in [-0.2, 0) is 4.74 Å². The quantitative estimate of drug-likeness (QED) is 0.627. The van der Waals surface area contributed by atoms with Crippen LogP contribution >= 0.6 is 0 Å². The first kappa shape index (κ1) is 19.0. The zero-order valence-electron chi connectivity index (χ0n) is 17.8. The maximum absolute atomic E-state index is 6.15. The molecular weight excluding hydrogens is 364 g/mol. The number of nitrogens with zero attached hydrogens (tertiary/aromatic N) is 3. The van der Waals surface area contributed by atoms with Gasteiger partial charge in [0.05, 0.1) is 13.2 Å². The summed E-state index contributed by atoms with van der Waals surface area (Å²) >= 11 is 0. The first-order valence-corrected chi connectivity index (χ1v) is 11.2. The summed E-state index contributed by atoms with van der Waals surface area (Å²) in [4.78, 5) is 9.55. The summed E-state index contributed by atoms with van der Waals surface area (Å²) < 4.78 is 11.5. The topological polar surface area (TPSA) is 49.3 Å². The molecule has 0 bridgehead atoms. The Morgan fingerprint density at radius 2 is 2.00 bits per heavy atom. The van der Waals surface area contributed by atoms with Gasteiger partial charge in [-0.15, -0.1) is 0 Å². The normalized spacial score (nSPS) is 31.0. The van der Waals surface area contributed by atoms with Crippen molar-refractivity contribution in [3.05, 3.63) is 24.3 Å². The molecule has 2 heterocycles. The summed E-state index contributed by atoms with van der Waals surface area (Å²) in [5, 5.41) is 3.91. The molecule has 5 rings (SSSR count). The molecule has 0 amide bonds. The van der Waals surface area contributed by atoms with E-state index >= 15 is 0 Å². The molecule has 0 aromatic heterocycles. The number of fused-ring (bicyclic) bond motifs is 2. The predicted octanol–water partition coefficient (Wildman–Crippen LogP) is 2.74. The number of aliphatic imine (C=N–C) groups is 1. The Labute approximate surface area is 174 Å². The Morgan fingerprint density at radius 1 is 1.21 bits per heavy atom. The van der Waals surface area contributed by atoms with Gasteiger partial charge in [0.1, 0.15) is 5.75 Å². The van der Waals surface area contributed by atoms with Crippen molar-refractivity contribution in [1.29, 1.82) is 0 Å². The van der Waals surface area contributed by atoms with E-state index in [1.165, 1.54) is 37.8 Å². The van der Waals surface area contributed by atoms with Crippen LogP contribution in [0.25, 0.3) is 0 Å². The second-order valence-electron chi connectivity index (χ2n) is 9.03. The number of methoxy groups -OCH3 is 1. The van der Waals surface area contributed by atoms with Crippen LogP contribution in [0.5, 0.6) is 5.75 Å². The van der Waals surface area contributed by atoms with Gasteiger partial charge in [-0.2, -0.15) is 0 Å². The minimum atomic E-state index is 0.361. The molecule has 2 saturated carbocycles. The van der Waals surface area contributed by atoms with Crippen LogP contribution in [0.1, 0.15) is 32.1 Å². The highest BCUT2D eigenvalue weighted by atomic mass is 16.5. The Morgan fingerprint density at radius 3 is 2.72 bits per heavy atom. The van der Waals surface area contributed by atoms with Crippen LogP contribution in [0.4, 0.5) is 5.69 Å². The van der Waals surface area contributed by atoms with Crippen LogP contribution in [0.3, 0.4) is 0 Å². The number of guanidine groups is 1. The zero-order valence-corrected chi connectivity index (χ0v) is 17.8. The van der Waals surface area contributed by atoms with Crippen molar-refractivity contribution in [3.63, 3.8) is 0 Å². The molecule has 29 heavy (non-hydrogen) atoms. The highest BCUT2D eigenvalue weighted by molar-refractivity contribution is 5.81. The lowest BCUT2D eigenvalue weighted by Crippen LogP contribution is -2.70. The SMILES string of the molecule is CN=C(NC1C2CCOC2C12CCCC2)N1CCN(c2cccc(OC)c2)CC1. The molecular formula is C23H34N4O2. The number of piperazine rings is 1. The van der Waals surface area contributed by atoms with Crippen molar-refractivity contribution in [1.82, 2.24) is 10.2 Å². The molecule has 2 saturated heterocycles. The Hall–Kier alpha value is -1.95. The second kappa shape index (κ2) is 7.71. The first-order valence-electron chi connectivity index (χ1n) is 11.2. The van der Waals surface area contributed by atoms with Gasteiger partial charge in [0.15, 0.2) is 5.96 Å². The van der Waals surface area contributed by atoms with Gasteiger partial charge in [-0.25, -0.2) is 0 Å². The van der Waals surface area contributed by atoms with Crippen LogP contribution in [0, 0.1) is 11.3 Å². The Balaban J connectivity index is 1.23. The number of hydrogen-bond donors (Lipinski definition) is 1. The highest BCUT2D eigenvalue weighted by Crippen LogP contribution is 2.60. The van der Waals surface area contributed by atoms with Gasteiger partial charge in [0.25, 0.3) is 0 Å². The van der Waals surface area contributed by atoms with Crippen LogP contribution in [0.2, 0.25) is 0 Å². The van der Waals surface area contributed by atoms with E-state index in [1.807, 2.05) is 13.1 Å². The first-order chi connectivity index (χ1) is 14.2. The van der Waals surface area contributed by atoms with E-state index in [2.05, 4.69) is 38.3 Å². The fourth-order valence-corrected chi connectivity index (χ4v) is 6.32. The number of anilines is 1. The number of nitrogens with one attached hydrogen (secondary N) is 1. The van der Waals surface area contributed by atoms with E-state index < -0.39 is 0 Å². The van der Waals surface area contributed by atoms with E-state index in [0.29, 0.717) is 23.5 Å². The summed E-state index contributed by atoms with van der Waals surface area (Å²) in [6, 6.07) is 8.90. The van der Waals surface area contributed by atoms with Crippen LogP contribution in [-0.4, -0.2) is 69.9 Å². The lowest BCUT2D eigenvalue weighted by Gasteiger charge is -2.57. The van der Waals surface area contributed by atoms with Crippen molar-refractivity contribution < 1.29 is 9.47 Å². The molecule has 1 N–H and O–H groups in total. The van der Waals surface area contributed by atoms with Crippen molar-refractivity contribution in [2.75, 3.05) is 51.8 Å². The molecule has 6 nitrogen and oxygen atoms in total. The zero-order chi connectivity index (χ0) is 19.8. The van der Waals surface area contributed by atoms with Crippen molar-refractivity contribution in [2.45, 2.75) is 44.2 Å². The van der Waals surface area contributed by atoms with Gasteiger partial charge >= 0.3 is 0 Å². The summed E-state index contributed by atoms with van der Waals surface area (Å²) in [7, 11) is 3.66. The van der Waals surface area contributed by atoms with Crippen molar-refractivity contribution in [3.8, 4) is 5.75 Å². The number of benzene rings is 1. The molecule has 6 heteroatoms. The smallest absolute Gasteiger partial charge is 0.194 e. The van der Waals surface area contributed by atoms with E-state index in [0.717, 1.165) is 44.5 Å². The molecule has 2 aliphatic carbocycles. The molecule has 4 fully saturated rings. The summed E-state index contributed by atoms with van der Waals surface area (Å²) in [6.45, 7) is 4.91. The van der Waals surface area contributed by atoms with Gasteiger partial charge in [0, 0.05) is 69.0 Å². The molecule has 3 unspecified atom stereocenters. The average molecular weight is 399 g/mol. The standard InChI is InChI=1S/C23H34N4O2/c1-24-22(25-20-19-8-15-29-21(19)23(20)9-3-4-10-23)27-13-11-26(12-14-27)17-6-5-7-18(16-17)28-2/h5-7,16,19-21H,3-4,8-15H2,1-2H3,(H,24,25). The van der Waals surface area contributed by atoms with E-state index in [4.69, 9.17) is 9.47 Å². The predicted molar refractivity (Wildman–Crippen MR) is 116 cm³/mol. The minimum absolute atomic E-state index is 0.361. The molecule has 158 valence electrons. The minimum Gasteiger partial charge on any atom is -0.497 e. The average Bonchev–Trinajstić information content (AvgIpc) is 3.44. The van der Waals surface area contributed by atoms with E-state index in [9.17, 15) is 0 Å². The lowest BCUT2D eigenvalue weighted by molar-refractivity contribution is -0.125. The van der Waals surface area contributed by atoms with Crippen LogP contribution in [0.15, 0.2) is 29.3 Å². The van der Waals surface area contributed by atoms with E-state index in [1.54, 1.807) is 7.11 Å². The maximum atomic E-state index is 6.15. The van der Waals surface area contributed by atoms with Gasteiger partial charge in [-0.1, -0.05) is 18.9 Å². The molecule has 0 radical (unpaired) electrons. The van der Waals surface area contributed by atoms with Gasteiger partial charge in [0.2, 0.25) is 0 Å². The lowest BCUT2D eigenvalue weighted by atomic mass is 9.54. The molecule has 1 aromatic carbocycles. The third-order valence-corrected chi connectivity index (χ3v) is 7.78. The van der Waals surface area contributed by atoms with Gasteiger partial charge in [-0.3, -0.25) is 4.99 Å². The number of rotatable bonds is 3. The third-order valence-electron chi connectivity index (χ3n) is 7.78. The monoisotopic (exact) mass is 398 g/mol. The van der Waals surface area contributed by atoms with Crippen molar-refractivity contribution in [2.24, 2.45) is 16.3 Å². The summed E-state index contributed by atoms with van der Waals surface area (Å²) in [5.41, 5.74) is 1.60. The molecule has 1 aromatic rings. The Kier molecular flexibility index (Phi) is 5.06. The van der Waals surface area contributed by atoms with Gasteiger partial charge < -0.3 is 24.6 Å². The molecule has 2 aliphatic heterocycles. The van der Waals surface area contributed by atoms with E-state index in [-0.39, 0.29) is 0 Å². The summed E-state index contributed by atoms with van der Waals surface area (Å²) in [5.74, 6) is 2.67. The second-order valence-corrected chi connectivity index (χ2v) is 9.03. The van der Waals surface area contributed by atoms with Crippen LogP contribution < -0.4 is 15.0 Å². The summed E-state index contributed by atoms with van der Waals surface area (Å²) in [6.07, 6.45) is 7.01. The molecule has 4 aliphatic rings. The number of ether oxygens (including phenoxy) is 2. The largest absolute Gasteiger partial charge is 0.497 e. The number of hydrogen-bond acceptors (Lipinski definition) is 4. The maximum Gasteiger partial charge on any atom is 0.194 e. The highest BCUT2D eigenvalue weighted by Gasteiger charge is 2.65. The van der Waals surface area contributed by atoms with Crippen molar-refractivity contribution >= 4 is 11.6 Å². The Bertz CT molecular complexity index is 753. The fourth-order valence-electron chi connectivity index (χ4n) is 6.32. The van der Waals surface area contributed by atoms with Gasteiger partial charge in [-0.05, 0) is 31.4 Å². The molecule has 3 atom stereocenters. The molecule has 1 spiro atoms. The third kappa shape index (κ3) is 3.16.